The van der Waals surface area contributed by atoms with Gasteiger partial charge < -0.3 is 15.7 Å². The lowest BCUT2D eigenvalue weighted by molar-refractivity contribution is 0.0934. The van der Waals surface area contributed by atoms with Crippen LogP contribution in [0.2, 0.25) is 0 Å². The van der Waals surface area contributed by atoms with Crippen molar-refractivity contribution in [1.82, 2.24) is 4.98 Å². The fourth-order valence-corrected chi connectivity index (χ4v) is 4.09. The summed E-state index contributed by atoms with van der Waals surface area (Å²) in [6, 6.07) is 14.0. The maximum atomic E-state index is 11.8. The van der Waals surface area contributed by atoms with Crippen LogP contribution in [0, 0.1) is 12.3 Å². The first-order valence-electron chi connectivity index (χ1n) is 9.70. The number of nitrogens with zero attached hydrogens (tertiary/aromatic N) is 2. The molecule has 0 spiro atoms. The second-order valence-corrected chi connectivity index (χ2v) is 7.71. The SMILES string of the molecule is Cc1ccc(C(N)=O)c(N2CCC[C@@](CO)(CCCc3ccccc3)C2)n1. The Labute approximate surface area is 161 Å². The highest BCUT2D eigenvalue weighted by atomic mass is 16.3. The molecular weight excluding hydrogens is 338 g/mol. The molecule has 1 aromatic carbocycles. The summed E-state index contributed by atoms with van der Waals surface area (Å²) in [5, 5.41) is 10.2. The Morgan fingerprint density at radius 1 is 1.26 bits per heavy atom. The number of nitrogens with two attached hydrogens (primary N) is 1. The third-order valence-electron chi connectivity index (χ3n) is 5.59. The van der Waals surface area contributed by atoms with Crippen LogP contribution in [0.25, 0.3) is 0 Å². The van der Waals surface area contributed by atoms with Crippen LogP contribution in [0.3, 0.4) is 0 Å². The molecule has 1 aliphatic rings. The van der Waals surface area contributed by atoms with E-state index in [4.69, 9.17) is 5.73 Å². The zero-order valence-electron chi connectivity index (χ0n) is 16.0. The molecule has 5 heteroatoms. The fraction of sp³-hybridized carbons (Fsp3) is 0.455. The molecule has 1 saturated heterocycles. The van der Waals surface area contributed by atoms with Gasteiger partial charge in [0.15, 0.2) is 0 Å². The van der Waals surface area contributed by atoms with Gasteiger partial charge in [0.1, 0.15) is 5.82 Å². The summed E-state index contributed by atoms with van der Waals surface area (Å²) in [7, 11) is 0. The van der Waals surface area contributed by atoms with Crippen molar-refractivity contribution in [2.45, 2.75) is 39.0 Å². The minimum Gasteiger partial charge on any atom is -0.396 e. The summed E-state index contributed by atoms with van der Waals surface area (Å²) in [4.78, 5) is 18.6. The molecule has 0 radical (unpaired) electrons. The molecule has 2 heterocycles. The van der Waals surface area contributed by atoms with Crippen LogP contribution in [0.15, 0.2) is 42.5 Å². The molecule has 3 N–H and O–H groups in total. The van der Waals surface area contributed by atoms with Gasteiger partial charge in [0.2, 0.25) is 0 Å². The lowest BCUT2D eigenvalue weighted by Crippen LogP contribution is -2.46. The van der Waals surface area contributed by atoms with Crippen molar-refractivity contribution in [1.29, 1.82) is 0 Å². The number of piperidine rings is 1. The van der Waals surface area contributed by atoms with Crippen LogP contribution in [-0.4, -0.2) is 35.7 Å². The van der Waals surface area contributed by atoms with E-state index in [2.05, 4.69) is 34.1 Å². The molecule has 3 rings (SSSR count). The summed E-state index contributed by atoms with van der Waals surface area (Å²) in [6.45, 7) is 3.60. The lowest BCUT2D eigenvalue weighted by atomic mass is 9.76. The number of hydrogen-bond donors (Lipinski definition) is 2. The number of aryl methyl sites for hydroxylation is 2. The van der Waals surface area contributed by atoms with Crippen LogP contribution in [0.5, 0.6) is 0 Å². The van der Waals surface area contributed by atoms with E-state index < -0.39 is 5.91 Å². The Balaban J connectivity index is 1.73. The van der Waals surface area contributed by atoms with Gasteiger partial charge in [-0.1, -0.05) is 30.3 Å². The van der Waals surface area contributed by atoms with Crippen LogP contribution in [-0.2, 0) is 6.42 Å². The van der Waals surface area contributed by atoms with Crippen molar-refractivity contribution in [2.75, 3.05) is 24.6 Å². The van der Waals surface area contributed by atoms with Crippen LogP contribution in [0.4, 0.5) is 5.82 Å². The van der Waals surface area contributed by atoms with Crippen molar-refractivity contribution in [3.8, 4) is 0 Å². The average Bonchev–Trinajstić information content (AvgIpc) is 2.68. The normalized spacial score (nSPS) is 19.9. The number of rotatable bonds is 7. The zero-order chi connectivity index (χ0) is 19.3. The first kappa shape index (κ1) is 19.4. The standard InChI is InChI=1S/C22H29N3O2/c1-17-10-11-19(20(23)27)21(24-17)25-14-6-13-22(15-25,16-26)12-5-9-18-7-3-2-4-8-18/h2-4,7-8,10-11,26H,5-6,9,12-16H2,1H3,(H2,23,27)/t22-/m0/s1. The summed E-state index contributed by atoms with van der Waals surface area (Å²) in [5.74, 6) is 0.199. The zero-order valence-corrected chi connectivity index (χ0v) is 16.0. The Kier molecular flexibility index (Phi) is 6.11. The Morgan fingerprint density at radius 2 is 2.04 bits per heavy atom. The predicted molar refractivity (Wildman–Crippen MR) is 108 cm³/mol. The second kappa shape index (κ2) is 8.53. The van der Waals surface area contributed by atoms with E-state index in [1.165, 1.54) is 5.56 Å². The predicted octanol–water partition coefficient (Wildman–Crippen LogP) is 3.09. The topological polar surface area (TPSA) is 79.5 Å². The van der Waals surface area contributed by atoms with Gasteiger partial charge in [-0.25, -0.2) is 4.98 Å². The lowest BCUT2D eigenvalue weighted by Gasteiger charge is -2.43. The third-order valence-corrected chi connectivity index (χ3v) is 5.59. The largest absolute Gasteiger partial charge is 0.396 e. The molecule has 1 amide bonds. The van der Waals surface area contributed by atoms with E-state index in [0.717, 1.165) is 44.3 Å². The molecule has 0 saturated carbocycles. The number of pyridine rings is 1. The highest BCUT2D eigenvalue weighted by Gasteiger charge is 2.36. The molecule has 0 unspecified atom stereocenters. The maximum absolute atomic E-state index is 11.8. The number of primary amides is 1. The maximum Gasteiger partial charge on any atom is 0.252 e. The van der Waals surface area contributed by atoms with Gasteiger partial charge in [0.25, 0.3) is 5.91 Å². The van der Waals surface area contributed by atoms with Gasteiger partial charge in [-0.2, -0.15) is 0 Å². The minimum absolute atomic E-state index is 0.149. The Bertz CT molecular complexity index is 778. The van der Waals surface area contributed by atoms with E-state index in [0.29, 0.717) is 17.9 Å². The molecule has 27 heavy (non-hydrogen) atoms. The number of benzene rings is 1. The minimum atomic E-state index is -0.457. The summed E-state index contributed by atoms with van der Waals surface area (Å²) in [5.41, 5.74) is 8.05. The van der Waals surface area contributed by atoms with E-state index in [9.17, 15) is 9.90 Å². The smallest absolute Gasteiger partial charge is 0.252 e. The Hall–Kier alpha value is -2.40. The second-order valence-electron chi connectivity index (χ2n) is 7.71. The van der Waals surface area contributed by atoms with E-state index in [1.807, 2.05) is 19.1 Å². The van der Waals surface area contributed by atoms with Crippen molar-refractivity contribution in [3.63, 3.8) is 0 Å². The van der Waals surface area contributed by atoms with E-state index in [-0.39, 0.29) is 12.0 Å². The number of aromatic nitrogens is 1. The molecule has 5 nitrogen and oxygen atoms in total. The quantitative estimate of drug-likeness (QED) is 0.788. The number of anilines is 1. The summed E-state index contributed by atoms with van der Waals surface area (Å²) in [6.07, 6.45) is 4.96. The monoisotopic (exact) mass is 367 g/mol. The molecule has 1 fully saturated rings. The van der Waals surface area contributed by atoms with Gasteiger partial charge in [-0.05, 0) is 56.7 Å². The third kappa shape index (κ3) is 4.66. The van der Waals surface area contributed by atoms with E-state index in [1.54, 1.807) is 6.07 Å². The highest BCUT2D eigenvalue weighted by molar-refractivity contribution is 5.97. The van der Waals surface area contributed by atoms with Crippen molar-refractivity contribution in [3.05, 3.63) is 59.3 Å². The molecule has 1 aliphatic heterocycles. The molecule has 0 aliphatic carbocycles. The van der Waals surface area contributed by atoms with Crippen molar-refractivity contribution < 1.29 is 9.90 Å². The number of aliphatic hydroxyl groups excluding tert-OH is 1. The number of amides is 1. The van der Waals surface area contributed by atoms with Gasteiger partial charge in [0.05, 0.1) is 12.2 Å². The number of aliphatic hydroxyl groups is 1. The van der Waals surface area contributed by atoms with Crippen LogP contribution >= 0.6 is 0 Å². The highest BCUT2D eigenvalue weighted by Crippen LogP contribution is 2.37. The number of carbonyl (C=O) groups excluding carboxylic acids is 1. The van der Waals surface area contributed by atoms with Gasteiger partial charge in [-0.3, -0.25) is 4.79 Å². The van der Waals surface area contributed by atoms with Crippen molar-refractivity contribution >= 4 is 11.7 Å². The van der Waals surface area contributed by atoms with Crippen LogP contribution < -0.4 is 10.6 Å². The average molecular weight is 367 g/mol. The van der Waals surface area contributed by atoms with Gasteiger partial charge in [0, 0.05) is 24.2 Å². The van der Waals surface area contributed by atoms with E-state index >= 15 is 0 Å². The summed E-state index contributed by atoms with van der Waals surface area (Å²) >= 11 is 0. The van der Waals surface area contributed by atoms with Crippen LogP contribution in [0.1, 0.15) is 47.3 Å². The molecule has 0 bridgehead atoms. The van der Waals surface area contributed by atoms with Crippen molar-refractivity contribution in [2.24, 2.45) is 11.1 Å². The summed E-state index contributed by atoms with van der Waals surface area (Å²) < 4.78 is 0. The molecule has 144 valence electrons. The molecule has 2 aromatic rings. The molecule has 1 atom stereocenters. The molecular formula is C22H29N3O2. The Morgan fingerprint density at radius 3 is 2.74 bits per heavy atom. The number of hydrogen-bond acceptors (Lipinski definition) is 4. The first-order valence-corrected chi connectivity index (χ1v) is 9.70. The number of carbonyl (C=O) groups is 1. The molecule has 1 aromatic heterocycles. The first-order chi connectivity index (χ1) is 13.0. The van der Waals surface area contributed by atoms with Gasteiger partial charge >= 0.3 is 0 Å². The fourth-order valence-electron chi connectivity index (χ4n) is 4.09. The van der Waals surface area contributed by atoms with Gasteiger partial charge in [-0.15, -0.1) is 0 Å².